The maximum absolute atomic E-state index is 12.5. The molecule has 30 heavy (non-hydrogen) atoms. The van der Waals surface area contributed by atoms with Crippen molar-refractivity contribution >= 4 is 40.6 Å². The second-order valence-electron chi connectivity index (χ2n) is 6.14. The van der Waals surface area contributed by atoms with Gasteiger partial charge in [0.1, 0.15) is 11.3 Å². The number of amides is 3. The van der Waals surface area contributed by atoms with Gasteiger partial charge < -0.3 is 10.1 Å². The summed E-state index contributed by atoms with van der Waals surface area (Å²) in [6.45, 7) is -0.0737. The minimum Gasteiger partial charge on any atom is -0.497 e. The smallest absolute Gasteiger partial charge is 0.293 e. The lowest BCUT2D eigenvalue weighted by Crippen LogP contribution is -2.37. The molecule has 0 aliphatic carbocycles. The highest BCUT2D eigenvalue weighted by atomic mass is 32.2. The van der Waals surface area contributed by atoms with Gasteiger partial charge in [0.2, 0.25) is 0 Å². The summed E-state index contributed by atoms with van der Waals surface area (Å²) in [5.74, 6) is -0.432. The van der Waals surface area contributed by atoms with E-state index in [0.717, 1.165) is 22.2 Å². The van der Waals surface area contributed by atoms with Crippen LogP contribution in [0.15, 0.2) is 53.4 Å². The van der Waals surface area contributed by atoms with Crippen molar-refractivity contribution < 1.29 is 24.0 Å². The summed E-state index contributed by atoms with van der Waals surface area (Å²) in [5, 5.41) is 13.1. The Bertz CT molecular complexity index is 1040. The predicted molar refractivity (Wildman–Crippen MR) is 111 cm³/mol. The molecular formula is C20H17N3O6S. The summed E-state index contributed by atoms with van der Waals surface area (Å²) in [6.07, 6.45) is 1.61. The Kier molecular flexibility index (Phi) is 6.48. The lowest BCUT2D eigenvalue weighted by atomic mass is 10.1. The van der Waals surface area contributed by atoms with Crippen molar-refractivity contribution in [1.82, 2.24) is 10.2 Å². The molecule has 0 saturated carbocycles. The number of thioether (sulfide) groups is 1. The number of carbonyl (C=O) groups is 3. The van der Waals surface area contributed by atoms with Crippen LogP contribution in [0.5, 0.6) is 5.75 Å². The number of nitrogens with one attached hydrogen (secondary N) is 1. The Labute approximate surface area is 175 Å². The zero-order chi connectivity index (χ0) is 21.7. The molecule has 1 N–H and O–H groups in total. The predicted octanol–water partition coefficient (Wildman–Crippen LogP) is 3.07. The monoisotopic (exact) mass is 427 g/mol. The van der Waals surface area contributed by atoms with Gasteiger partial charge in [-0.15, -0.1) is 0 Å². The van der Waals surface area contributed by atoms with Crippen molar-refractivity contribution in [3.05, 3.63) is 74.7 Å². The first-order chi connectivity index (χ1) is 14.4. The van der Waals surface area contributed by atoms with E-state index in [0.29, 0.717) is 5.75 Å². The van der Waals surface area contributed by atoms with E-state index in [-0.39, 0.29) is 29.2 Å². The largest absolute Gasteiger partial charge is 0.497 e. The zero-order valence-electron chi connectivity index (χ0n) is 15.9. The van der Waals surface area contributed by atoms with E-state index in [2.05, 4.69) is 5.32 Å². The van der Waals surface area contributed by atoms with Gasteiger partial charge in [-0.05, 0) is 41.6 Å². The Morgan fingerprint density at radius 1 is 1.20 bits per heavy atom. The number of rotatable bonds is 7. The topological polar surface area (TPSA) is 119 Å². The fraction of sp³-hybridized carbons (Fsp3) is 0.150. The van der Waals surface area contributed by atoms with Gasteiger partial charge in [0, 0.05) is 19.2 Å². The van der Waals surface area contributed by atoms with Gasteiger partial charge in [0.15, 0.2) is 0 Å². The van der Waals surface area contributed by atoms with Crippen molar-refractivity contribution in [3.8, 4) is 5.75 Å². The third-order valence-corrected chi connectivity index (χ3v) is 5.16. The average molecular weight is 427 g/mol. The van der Waals surface area contributed by atoms with Crippen molar-refractivity contribution in [2.75, 3.05) is 20.2 Å². The highest BCUT2D eigenvalue weighted by Gasteiger charge is 2.34. The molecule has 154 valence electrons. The van der Waals surface area contributed by atoms with Gasteiger partial charge in [-0.25, -0.2) is 0 Å². The van der Waals surface area contributed by atoms with Gasteiger partial charge in [-0.1, -0.05) is 24.3 Å². The normalized spacial score (nSPS) is 14.8. The first-order valence-electron chi connectivity index (χ1n) is 8.81. The molecule has 2 aromatic carbocycles. The van der Waals surface area contributed by atoms with Gasteiger partial charge in [-0.2, -0.15) is 0 Å². The fourth-order valence-electron chi connectivity index (χ4n) is 2.75. The van der Waals surface area contributed by atoms with E-state index in [9.17, 15) is 24.5 Å². The lowest BCUT2D eigenvalue weighted by Gasteiger charge is -2.13. The molecule has 1 heterocycles. The van der Waals surface area contributed by atoms with E-state index in [1.165, 1.54) is 24.3 Å². The van der Waals surface area contributed by atoms with Gasteiger partial charge in [-0.3, -0.25) is 29.4 Å². The highest BCUT2D eigenvalue weighted by molar-refractivity contribution is 8.18. The molecule has 1 fully saturated rings. The number of hydrogen-bond donors (Lipinski definition) is 1. The number of carbonyl (C=O) groups excluding carboxylic acids is 3. The molecule has 1 aliphatic heterocycles. The number of para-hydroxylation sites is 1. The van der Waals surface area contributed by atoms with Crippen molar-refractivity contribution in [3.63, 3.8) is 0 Å². The van der Waals surface area contributed by atoms with Crippen LogP contribution >= 0.6 is 11.8 Å². The van der Waals surface area contributed by atoms with Crippen LogP contribution in [0.25, 0.3) is 6.08 Å². The number of nitrogens with zero attached hydrogens (tertiary/aromatic N) is 2. The van der Waals surface area contributed by atoms with Crippen molar-refractivity contribution in [1.29, 1.82) is 0 Å². The molecular weight excluding hydrogens is 410 g/mol. The number of imide groups is 1. The zero-order valence-corrected chi connectivity index (χ0v) is 16.7. The van der Waals surface area contributed by atoms with Crippen LogP contribution in [-0.2, 0) is 4.79 Å². The molecule has 1 saturated heterocycles. The third-order valence-electron chi connectivity index (χ3n) is 4.25. The first-order valence-corrected chi connectivity index (χ1v) is 9.63. The number of methoxy groups -OCH3 is 1. The Balaban J connectivity index is 1.61. The summed E-state index contributed by atoms with van der Waals surface area (Å²) in [5.41, 5.74) is 0.339. The van der Waals surface area contributed by atoms with E-state index in [4.69, 9.17) is 4.74 Å². The minimum atomic E-state index is -0.650. The Hall–Kier alpha value is -3.66. The average Bonchev–Trinajstić information content (AvgIpc) is 3.01. The highest BCUT2D eigenvalue weighted by Crippen LogP contribution is 2.32. The summed E-state index contributed by atoms with van der Waals surface area (Å²) in [7, 11) is 1.55. The van der Waals surface area contributed by atoms with Crippen LogP contribution in [0.1, 0.15) is 15.9 Å². The van der Waals surface area contributed by atoms with Crippen LogP contribution in [-0.4, -0.2) is 47.1 Å². The molecule has 10 heteroatoms. The molecule has 0 unspecified atom stereocenters. The maximum Gasteiger partial charge on any atom is 0.293 e. The summed E-state index contributed by atoms with van der Waals surface area (Å²) in [4.78, 5) is 48.6. The molecule has 2 aromatic rings. The first kappa shape index (κ1) is 21.1. The summed E-state index contributed by atoms with van der Waals surface area (Å²) < 4.78 is 5.08. The number of nitro benzene ring substituents is 1. The van der Waals surface area contributed by atoms with Crippen LogP contribution in [0, 0.1) is 10.1 Å². The number of nitro groups is 1. The van der Waals surface area contributed by atoms with Crippen LogP contribution in [0.4, 0.5) is 10.5 Å². The van der Waals surface area contributed by atoms with Gasteiger partial charge in [0.25, 0.3) is 22.7 Å². The molecule has 3 amide bonds. The molecule has 3 rings (SSSR count). The lowest BCUT2D eigenvalue weighted by molar-refractivity contribution is -0.385. The van der Waals surface area contributed by atoms with Crippen LogP contribution in [0.2, 0.25) is 0 Å². The summed E-state index contributed by atoms with van der Waals surface area (Å²) in [6, 6.07) is 12.6. The number of benzene rings is 2. The second kappa shape index (κ2) is 9.23. The van der Waals surface area contributed by atoms with E-state index < -0.39 is 22.0 Å². The quantitative estimate of drug-likeness (QED) is 0.410. The maximum atomic E-state index is 12.5. The number of hydrogen-bond acceptors (Lipinski definition) is 7. The van der Waals surface area contributed by atoms with Crippen molar-refractivity contribution in [2.45, 2.75) is 0 Å². The van der Waals surface area contributed by atoms with Gasteiger partial charge >= 0.3 is 0 Å². The van der Waals surface area contributed by atoms with E-state index in [1.807, 2.05) is 0 Å². The molecule has 1 aliphatic rings. The Morgan fingerprint density at radius 3 is 2.57 bits per heavy atom. The standard InChI is InChI=1S/C20H17N3O6S/c1-29-14-8-6-13(7-9-14)12-17-19(25)22(20(26)30-17)11-10-21-18(24)15-4-2-3-5-16(15)23(27)28/h2-9,12H,10-11H2,1H3,(H,21,24). The third kappa shape index (κ3) is 4.66. The molecule has 0 spiro atoms. The molecule has 0 atom stereocenters. The molecule has 9 nitrogen and oxygen atoms in total. The van der Waals surface area contributed by atoms with Crippen LogP contribution in [0.3, 0.4) is 0 Å². The summed E-state index contributed by atoms with van der Waals surface area (Å²) >= 11 is 0.813. The van der Waals surface area contributed by atoms with E-state index >= 15 is 0 Å². The van der Waals surface area contributed by atoms with Crippen LogP contribution < -0.4 is 10.1 Å². The van der Waals surface area contributed by atoms with Gasteiger partial charge in [0.05, 0.1) is 16.9 Å². The molecule has 0 bridgehead atoms. The fourth-order valence-corrected chi connectivity index (χ4v) is 3.61. The van der Waals surface area contributed by atoms with E-state index in [1.54, 1.807) is 37.5 Å². The molecule has 0 radical (unpaired) electrons. The Morgan fingerprint density at radius 2 is 1.90 bits per heavy atom. The van der Waals surface area contributed by atoms with Crippen molar-refractivity contribution in [2.24, 2.45) is 0 Å². The number of ether oxygens (including phenoxy) is 1. The minimum absolute atomic E-state index is 0.0290. The molecule has 0 aromatic heterocycles. The SMILES string of the molecule is COc1ccc(C=C2SC(=O)N(CCNC(=O)c3ccccc3[N+](=O)[O-])C2=O)cc1. The second-order valence-corrected chi connectivity index (χ2v) is 7.13.